The van der Waals surface area contributed by atoms with E-state index in [1.165, 1.54) is 6.92 Å². The van der Waals surface area contributed by atoms with Crippen LogP contribution >= 0.6 is 0 Å². The standard InChI is InChI=1S/C23H30N6O4/c1-4-11-33-12-10-29-20-13-18(17-6-7-21(32-3)27-14-17)26-15-19(20)28-22(23(29)31)25-9-5-8-24-16(2)30/h6-7,13-15H,4-5,8-12H2,1-3H3,(H,24,30)(H,25,28). The monoisotopic (exact) mass is 454 g/mol. The van der Waals surface area contributed by atoms with Crippen LogP contribution in [0.25, 0.3) is 22.3 Å². The minimum atomic E-state index is -0.230. The lowest BCUT2D eigenvalue weighted by molar-refractivity contribution is -0.118. The van der Waals surface area contributed by atoms with Crippen LogP contribution < -0.4 is 20.9 Å². The summed E-state index contributed by atoms with van der Waals surface area (Å²) in [5.41, 5.74) is 2.52. The predicted octanol–water partition coefficient (Wildman–Crippen LogP) is 2.23. The van der Waals surface area contributed by atoms with Crippen LogP contribution in [0.5, 0.6) is 5.88 Å². The number of hydrogen-bond donors (Lipinski definition) is 2. The summed E-state index contributed by atoms with van der Waals surface area (Å²) >= 11 is 0. The van der Waals surface area contributed by atoms with E-state index in [9.17, 15) is 9.59 Å². The Bertz CT molecular complexity index is 1130. The Kier molecular flexibility index (Phi) is 8.71. The van der Waals surface area contributed by atoms with Crippen molar-refractivity contribution in [1.29, 1.82) is 0 Å². The molecule has 33 heavy (non-hydrogen) atoms. The van der Waals surface area contributed by atoms with E-state index in [0.717, 1.165) is 12.0 Å². The summed E-state index contributed by atoms with van der Waals surface area (Å²) in [4.78, 5) is 37.5. The highest BCUT2D eigenvalue weighted by atomic mass is 16.5. The predicted molar refractivity (Wildman–Crippen MR) is 126 cm³/mol. The number of carbonyl (C=O) groups is 1. The van der Waals surface area contributed by atoms with Gasteiger partial charge in [-0.1, -0.05) is 6.92 Å². The fourth-order valence-electron chi connectivity index (χ4n) is 3.25. The molecule has 0 radical (unpaired) electrons. The molecule has 0 atom stereocenters. The van der Waals surface area contributed by atoms with Gasteiger partial charge in [-0.15, -0.1) is 0 Å². The first-order valence-corrected chi connectivity index (χ1v) is 11.0. The van der Waals surface area contributed by atoms with Gasteiger partial charge in [-0.3, -0.25) is 14.6 Å². The van der Waals surface area contributed by atoms with Crippen molar-refractivity contribution in [2.24, 2.45) is 0 Å². The van der Waals surface area contributed by atoms with Crippen LogP contribution in [0, 0.1) is 0 Å². The van der Waals surface area contributed by atoms with Gasteiger partial charge in [-0.25, -0.2) is 9.97 Å². The van der Waals surface area contributed by atoms with Crippen LogP contribution in [0.4, 0.5) is 5.82 Å². The zero-order chi connectivity index (χ0) is 23.6. The minimum absolute atomic E-state index is 0.0813. The van der Waals surface area contributed by atoms with Crippen LogP contribution in [0.15, 0.2) is 35.4 Å². The molecule has 2 N–H and O–H groups in total. The van der Waals surface area contributed by atoms with E-state index in [0.29, 0.717) is 61.9 Å². The molecule has 1 amide bonds. The van der Waals surface area contributed by atoms with Crippen molar-refractivity contribution in [2.75, 3.05) is 38.7 Å². The van der Waals surface area contributed by atoms with Gasteiger partial charge < -0.3 is 24.7 Å². The number of ether oxygens (including phenoxy) is 2. The molecule has 0 saturated carbocycles. The molecule has 10 heteroatoms. The second-order valence-corrected chi connectivity index (χ2v) is 7.44. The molecule has 0 aliphatic heterocycles. The number of anilines is 1. The summed E-state index contributed by atoms with van der Waals surface area (Å²) < 4.78 is 12.4. The highest BCUT2D eigenvalue weighted by molar-refractivity contribution is 5.80. The van der Waals surface area contributed by atoms with Gasteiger partial charge in [-0.05, 0) is 25.0 Å². The number of rotatable bonds is 12. The van der Waals surface area contributed by atoms with E-state index in [4.69, 9.17) is 9.47 Å². The number of nitrogens with zero attached hydrogens (tertiary/aromatic N) is 4. The molecule has 0 fully saturated rings. The molecule has 10 nitrogen and oxygen atoms in total. The van der Waals surface area contributed by atoms with Gasteiger partial charge in [0.05, 0.1) is 31.1 Å². The van der Waals surface area contributed by atoms with Crippen molar-refractivity contribution < 1.29 is 14.3 Å². The van der Waals surface area contributed by atoms with Gasteiger partial charge in [0.2, 0.25) is 11.8 Å². The fraction of sp³-hybridized carbons (Fsp3) is 0.435. The Morgan fingerprint density at radius 3 is 2.70 bits per heavy atom. The average molecular weight is 455 g/mol. The lowest BCUT2D eigenvalue weighted by atomic mass is 10.2. The summed E-state index contributed by atoms with van der Waals surface area (Å²) in [6.07, 6.45) is 4.91. The largest absolute Gasteiger partial charge is 0.481 e. The van der Waals surface area contributed by atoms with Gasteiger partial charge in [-0.2, -0.15) is 0 Å². The number of carbonyl (C=O) groups excluding carboxylic acids is 1. The van der Waals surface area contributed by atoms with Crippen LogP contribution in [-0.2, 0) is 16.1 Å². The lowest BCUT2D eigenvalue weighted by Crippen LogP contribution is -2.28. The average Bonchev–Trinajstić information content (AvgIpc) is 2.82. The van der Waals surface area contributed by atoms with Crippen molar-refractivity contribution in [3.63, 3.8) is 0 Å². The van der Waals surface area contributed by atoms with Crippen LogP contribution in [0.3, 0.4) is 0 Å². The van der Waals surface area contributed by atoms with Gasteiger partial charge in [0.1, 0.15) is 5.52 Å². The second kappa shape index (κ2) is 11.9. The van der Waals surface area contributed by atoms with Gasteiger partial charge >= 0.3 is 0 Å². The molecule has 0 unspecified atom stereocenters. The van der Waals surface area contributed by atoms with Crippen LogP contribution in [0.1, 0.15) is 26.7 Å². The SMILES string of the molecule is CCCOCCn1c(=O)c(NCCCNC(C)=O)nc2cnc(-c3ccc(OC)nc3)cc21. The van der Waals surface area contributed by atoms with Crippen LogP contribution in [-0.4, -0.2) is 58.8 Å². The first kappa shape index (κ1) is 24.1. The minimum Gasteiger partial charge on any atom is -0.481 e. The zero-order valence-electron chi connectivity index (χ0n) is 19.3. The number of pyridine rings is 2. The first-order valence-electron chi connectivity index (χ1n) is 11.0. The molecule has 3 aromatic rings. The molecule has 3 rings (SSSR count). The van der Waals surface area contributed by atoms with Gasteiger partial charge in [0.15, 0.2) is 5.82 Å². The van der Waals surface area contributed by atoms with Crippen molar-refractivity contribution in [2.45, 2.75) is 33.2 Å². The Labute approximate surface area is 192 Å². The maximum absolute atomic E-state index is 13.2. The fourth-order valence-corrected chi connectivity index (χ4v) is 3.25. The van der Waals surface area contributed by atoms with Crippen molar-refractivity contribution >= 4 is 22.8 Å². The number of methoxy groups -OCH3 is 1. The highest BCUT2D eigenvalue weighted by Crippen LogP contribution is 2.22. The molecule has 0 bridgehead atoms. The molecule has 176 valence electrons. The Morgan fingerprint density at radius 1 is 1.15 bits per heavy atom. The lowest BCUT2D eigenvalue weighted by Gasteiger charge is -2.14. The van der Waals surface area contributed by atoms with E-state index in [1.807, 2.05) is 19.1 Å². The van der Waals surface area contributed by atoms with Gasteiger partial charge in [0.25, 0.3) is 5.56 Å². The summed E-state index contributed by atoms with van der Waals surface area (Å²) in [6, 6.07) is 5.47. The summed E-state index contributed by atoms with van der Waals surface area (Å²) in [5, 5.41) is 5.83. The van der Waals surface area contributed by atoms with E-state index in [1.54, 1.807) is 30.1 Å². The summed E-state index contributed by atoms with van der Waals surface area (Å²) in [6.45, 7) is 5.98. The maximum atomic E-state index is 13.2. The third-order valence-corrected chi connectivity index (χ3v) is 4.90. The molecule has 3 heterocycles. The van der Waals surface area contributed by atoms with E-state index in [2.05, 4.69) is 25.6 Å². The third-order valence-electron chi connectivity index (χ3n) is 4.90. The number of fused-ring (bicyclic) bond motifs is 1. The van der Waals surface area contributed by atoms with E-state index >= 15 is 0 Å². The second-order valence-electron chi connectivity index (χ2n) is 7.44. The summed E-state index contributed by atoms with van der Waals surface area (Å²) in [7, 11) is 1.56. The van der Waals surface area contributed by atoms with E-state index in [-0.39, 0.29) is 17.3 Å². The number of nitrogens with one attached hydrogen (secondary N) is 2. The number of hydrogen-bond acceptors (Lipinski definition) is 8. The normalized spacial score (nSPS) is 10.9. The summed E-state index contributed by atoms with van der Waals surface area (Å²) in [5.74, 6) is 0.684. The highest BCUT2D eigenvalue weighted by Gasteiger charge is 2.13. The Balaban J connectivity index is 1.91. The molecule has 0 spiro atoms. The quantitative estimate of drug-likeness (QED) is 0.400. The topological polar surface area (TPSA) is 120 Å². The smallest absolute Gasteiger partial charge is 0.293 e. The Morgan fingerprint density at radius 2 is 2.00 bits per heavy atom. The maximum Gasteiger partial charge on any atom is 0.293 e. The Hall–Kier alpha value is -3.53. The number of aromatic nitrogens is 4. The molecular formula is C23H30N6O4. The van der Waals surface area contributed by atoms with Crippen molar-refractivity contribution in [3.05, 3.63) is 40.9 Å². The molecular weight excluding hydrogens is 424 g/mol. The van der Waals surface area contributed by atoms with Gasteiger partial charge in [0, 0.05) is 51.0 Å². The third kappa shape index (κ3) is 6.48. The first-order chi connectivity index (χ1) is 16.0. The number of amides is 1. The van der Waals surface area contributed by atoms with Crippen LogP contribution in [0.2, 0.25) is 0 Å². The van der Waals surface area contributed by atoms with E-state index < -0.39 is 0 Å². The molecule has 0 aliphatic carbocycles. The molecule has 0 aliphatic rings. The zero-order valence-corrected chi connectivity index (χ0v) is 19.3. The van der Waals surface area contributed by atoms with Crippen molar-refractivity contribution in [1.82, 2.24) is 24.8 Å². The molecule has 3 aromatic heterocycles. The molecule has 0 aromatic carbocycles. The van der Waals surface area contributed by atoms with Crippen molar-refractivity contribution in [3.8, 4) is 17.1 Å². The molecule has 0 saturated heterocycles.